The molecular weight excluding hydrogens is 925 g/mol. The average Bonchev–Trinajstić information content (AvgIpc) is 4.09. The molecule has 2 aromatic heterocycles. The summed E-state index contributed by atoms with van der Waals surface area (Å²) >= 11 is 1.88. The maximum atomic E-state index is 5.76. The van der Waals surface area contributed by atoms with Crippen molar-refractivity contribution in [2.45, 2.75) is 87.5 Å². The minimum Gasteiger partial charge on any atom is -0.456 e. The second-order valence-corrected chi connectivity index (χ2v) is 22.6. The van der Waals surface area contributed by atoms with Crippen LogP contribution in [0.1, 0.15) is 99.2 Å². The van der Waals surface area contributed by atoms with Gasteiger partial charge >= 0.3 is 0 Å². The summed E-state index contributed by atoms with van der Waals surface area (Å²) in [7, 11) is 0. The number of aryl methyl sites for hydroxylation is 8. The van der Waals surface area contributed by atoms with Crippen LogP contribution in [0.5, 0.6) is 0 Å². The van der Waals surface area contributed by atoms with Crippen molar-refractivity contribution >= 4 is 53.4 Å². The molecule has 0 unspecified atom stereocenters. The van der Waals surface area contributed by atoms with Gasteiger partial charge < -0.3 is 4.42 Å². The Morgan fingerprint density at radius 2 is 0.600 bits per heavy atom. The fourth-order valence-electron chi connectivity index (χ4n) is 11.7. The molecule has 0 saturated heterocycles. The highest BCUT2D eigenvalue weighted by molar-refractivity contribution is 7.25. The van der Waals surface area contributed by atoms with Crippen LogP contribution < -0.4 is 0 Å². The zero-order chi connectivity index (χ0) is 51.5. The highest BCUT2D eigenvalue weighted by Gasteiger charge is 2.46. The molecule has 14 rings (SSSR count). The normalized spacial score (nSPS) is 13.0. The summed E-state index contributed by atoms with van der Waals surface area (Å²) < 4.78 is 8.54. The third-order valence-electron chi connectivity index (χ3n) is 15.4. The van der Waals surface area contributed by atoms with Crippen LogP contribution in [0.3, 0.4) is 0 Å². The predicted octanol–water partition coefficient (Wildman–Crippen LogP) is 20.8. The molecule has 75 heavy (non-hydrogen) atoms. The van der Waals surface area contributed by atoms with Crippen molar-refractivity contribution in [3.63, 3.8) is 0 Å². The van der Waals surface area contributed by atoms with Gasteiger partial charge in [-0.1, -0.05) is 224 Å². The lowest BCUT2D eigenvalue weighted by atomic mass is 9.67. The first-order chi connectivity index (χ1) is 35.7. The van der Waals surface area contributed by atoms with E-state index in [1.807, 2.05) is 23.5 Å². The fourth-order valence-corrected chi connectivity index (χ4v) is 12.8. The second-order valence-electron chi connectivity index (χ2n) is 21.5. The Morgan fingerprint density at radius 3 is 0.973 bits per heavy atom. The molecule has 12 aromatic rings. The molecule has 0 fully saturated rings. The lowest BCUT2D eigenvalue weighted by molar-refractivity contribution is 0.659. The van der Waals surface area contributed by atoms with Crippen LogP contribution in [0.25, 0.3) is 64.4 Å². The number of thiophene rings is 1. The molecule has 0 N–H and O–H groups in total. The van der Waals surface area contributed by atoms with Gasteiger partial charge in [0.2, 0.25) is 0 Å². The molecule has 2 aliphatic rings. The van der Waals surface area contributed by atoms with E-state index in [2.05, 4.69) is 263 Å². The number of fused-ring (bicyclic) bond motifs is 12. The first-order valence-corrected chi connectivity index (χ1v) is 26.9. The van der Waals surface area contributed by atoms with Crippen LogP contribution >= 0.6 is 11.3 Å². The van der Waals surface area contributed by atoms with E-state index in [0.717, 1.165) is 11.2 Å². The van der Waals surface area contributed by atoms with E-state index in [-0.39, 0.29) is 18.3 Å². The smallest absolute Gasteiger partial charge is 0.135 e. The quantitative estimate of drug-likeness (QED) is 0.168. The standard InChI is InChI=1S/C27H22.C17H18.C14H12O.C14H12S.CH4/c1-19-13-15-23-24-16-14-20(2)18-26(24)27(25(23)17-19,21-9-5-3-6-10-21)22-11-7-4-8-12-22;1-11-5-7-13-14-8-6-12(2)10-16(14)17(3,4)15(13)9-11;2*1-9-3-5-13-11(7-9)12-8-10(2)4-6-14(12)15-13;/h3-18H,1-2H3;5-10H,1-4H3;2*3-8H,1-2H3;1H4. The highest BCUT2D eigenvalue weighted by Crippen LogP contribution is 2.56. The van der Waals surface area contributed by atoms with Crippen LogP contribution in [0, 0.1) is 55.4 Å². The highest BCUT2D eigenvalue weighted by atomic mass is 32.1. The molecule has 0 radical (unpaired) electrons. The van der Waals surface area contributed by atoms with Gasteiger partial charge in [-0.3, -0.25) is 0 Å². The summed E-state index contributed by atoms with van der Waals surface area (Å²) in [6, 6.07) is 75.4. The molecule has 0 bridgehead atoms. The molecule has 2 heterocycles. The Bertz CT molecular complexity index is 3690. The van der Waals surface area contributed by atoms with E-state index in [4.69, 9.17) is 4.42 Å². The molecule has 0 amide bonds. The van der Waals surface area contributed by atoms with Gasteiger partial charge in [0.25, 0.3) is 0 Å². The average molecular weight is 993 g/mol. The molecule has 10 aromatic carbocycles. The van der Waals surface area contributed by atoms with E-state index in [9.17, 15) is 0 Å². The molecule has 0 spiro atoms. The number of hydrogen-bond acceptors (Lipinski definition) is 2. The second kappa shape index (κ2) is 20.2. The van der Waals surface area contributed by atoms with Crippen LogP contribution in [0.15, 0.2) is 211 Å². The van der Waals surface area contributed by atoms with Crippen LogP contribution in [-0.2, 0) is 10.8 Å². The summed E-state index contributed by atoms with van der Waals surface area (Å²) in [5.41, 5.74) is 26.2. The summed E-state index contributed by atoms with van der Waals surface area (Å²) in [5.74, 6) is 0. The van der Waals surface area contributed by atoms with E-state index in [0.29, 0.717) is 0 Å². The molecule has 1 nitrogen and oxygen atoms in total. The zero-order valence-corrected chi connectivity index (χ0v) is 45.3. The molecule has 2 heteroatoms. The van der Waals surface area contributed by atoms with Gasteiger partial charge in [-0.05, 0) is 160 Å². The zero-order valence-electron chi connectivity index (χ0n) is 44.4. The summed E-state index contributed by atoms with van der Waals surface area (Å²) in [5, 5.41) is 5.24. The third-order valence-corrected chi connectivity index (χ3v) is 16.6. The lowest BCUT2D eigenvalue weighted by Gasteiger charge is -2.34. The van der Waals surface area contributed by atoms with Gasteiger partial charge in [0.1, 0.15) is 11.2 Å². The van der Waals surface area contributed by atoms with Gasteiger partial charge in [0, 0.05) is 36.4 Å². The number of hydrogen-bond donors (Lipinski definition) is 0. The van der Waals surface area contributed by atoms with E-state index in [1.165, 1.54) is 131 Å². The van der Waals surface area contributed by atoms with Crippen LogP contribution in [0.2, 0.25) is 0 Å². The fraction of sp³-hybridized carbons (Fsp3) is 0.178. The van der Waals surface area contributed by atoms with Gasteiger partial charge in [-0.25, -0.2) is 0 Å². The van der Waals surface area contributed by atoms with Crippen LogP contribution in [0.4, 0.5) is 0 Å². The van der Waals surface area contributed by atoms with Crippen molar-refractivity contribution in [1.29, 1.82) is 0 Å². The first kappa shape index (κ1) is 50.7. The Balaban J connectivity index is 0.000000118. The largest absolute Gasteiger partial charge is 0.456 e. The van der Waals surface area contributed by atoms with Crippen molar-refractivity contribution in [3.8, 4) is 22.3 Å². The Morgan fingerprint density at radius 1 is 0.307 bits per heavy atom. The first-order valence-electron chi connectivity index (χ1n) is 26.0. The molecule has 372 valence electrons. The molecule has 0 saturated carbocycles. The van der Waals surface area contributed by atoms with Gasteiger partial charge in [-0.2, -0.15) is 0 Å². The van der Waals surface area contributed by atoms with E-state index < -0.39 is 0 Å². The maximum Gasteiger partial charge on any atom is 0.135 e. The Kier molecular flexibility index (Phi) is 13.6. The van der Waals surface area contributed by atoms with Crippen molar-refractivity contribution in [1.82, 2.24) is 0 Å². The SMILES string of the molecule is C.Cc1ccc2c(c1)C(C)(C)c1cc(C)ccc1-2.Cc1ccc2c(c1)C(c1ccccc1)(c1ccccc1)c1cc(C)ccc1-2.Cc1ccc2oc3ccc(C)cc3c2c1.Cc1ccc2sc3ccc(C)cc3c2c1. The molecule has 2 aliphatic carbocycles. The van der Waals surface area contributed by atoms with Crippen molar-refractivity contribution in [2.24, 2.45) is 0 Å². The minimum atomic E-state index is -0.273. The monoisotopic (exact) mass is 992 g/mol. The topological polar surface area (TPSA) is 13.1 Å². The van der Waals surface area contributed by atoms with Gasteiger partial charge in [0.15, 0.2) is 0 Å². The molecule has 0 atom stereocenters. The van der Waals surface area contributed by atoms with Crippen molar-refractivity contribution < 1.29 is 4.42 Å². The van der Waals surface area contributed by atoms with Crippen LogP contribution in [-0.4, -0.2) is 0 Å². The summed E-state index contributed by atoms with van der Waals surface area (Å²) in [4.78, 5) is 0. The lowest BCUT2D eigenvalue weighted by Crippen LogP contribution is -2.28. The van der Waals surface area contributed by atoms with Crippen molar-refractivity contribution in [2.75, 3.05) is 0 Å². The van der Waals surface area contributed by atoms with Gasteiger partial charge in [-0.15, -0.1) is 11.3 Å². The Labute approximate surface area is 449 Å². The summed E-state index contributed by atoms with van der Waals surface area (Å²) in [6.45, 7) is 21.9. The summed E-state index contributed by atoms with van der Waals surface area (Å²) in [6.07, 6.45) is 0. The maximum absolute atomic E-state index is 5.76. The number of benzene rings is 10. The number of furan rings is 1. The number of rotatable bonds is 2. The van der Waals surface area contributed by atoms with Gasteiger partial charge in [0.05, 0.1) is 5.41 Å². The van der Waals surface area contributed by atoms with E-state index in [1.54, 1.807) is 0 Å². The van der Waals surface area contributed by atoms with Crippen molar-refractivity contribution in [3.05, 3.63) is 284 Å². The molecular formula is C73H68OS. The molecule has 0 aliphatic heterocycles. The van der Waals surface area contributed by atoms with E-state index >= 15 is 0 Å². The minimum absolute atomic E-state index is 0. The Hall–Kier alpha value is -7.78. The predicted molar refractivity (Wildman–Crippen MR) is 325 cm³/mol. The third kappa shape index (κ3) is 9.21.